The lowest BCUT2D eigenvalue weighted by Crippen LogP contribution is -2.29. The van der Waals surface area contributed by atoms with Gasteiger partial charge in [-0.3, -0.25) is 9.67 Å². The van der Waals surface area contributed by atoms with Crippen molar-refractivity contribution in [1.82, 2.24) is 9.78 Å². The lowest BCUT2D eigenvalue weighted by atomic mass is 10.0. The zero-order valence-electron chi connectivity index (χ0n) is 18.1. The van der Waals surface area contributed by atoms with Gasteiger partial charge in [0.25, 0.3) is 0 Å². The van der Waals surface area contributed by atoms with Gasteiger partial charge in [0.15, 0.2) is 11.9 Å². The number of halogens is 1. The smallest absolute Gasteiger partial charge is 0.331 e. The van der Waals surface area contributed by atoms with Crippen molar-refractivity contribution in [1.29, 1.82) is 0 Å². The number of hydrogen-bond donors (Lipinski definition) is 3. The van der Waals surface area contributed by atoms with Crippen LogP contribution in [0.25, 0.3) is 22.0 Å². The molecule has 3 N–H and O–H groups in total. The van der Waals surface area contributed by atoms with E-state index in [1.807, 2.05) is 73.8 Å². The van der Waals surface area contributed by atoms with E-state index in [9.17, 15) is 15.0 Å². The number of carboxylic acids is 1. The second-order valence-electron chi connectivity index (χ2n) is 7.71. The molecule has 168 valence electrons. The molecule has 2 atom stereocenters. The van der Waals surface area contributed by atoms with Gasteiger partial charge >= 0.3 is 5.97 Å². The fraction of sp³-hybridized carbons (Fsp3) is 0.160. The molecule has 0 spiro atoms. The van der Waals surface area contributed by atoms with Crippen LogP contribution in [0.3, 0.4) is 0 Å². The number of carbonyl (C=O) groups is 1. The first-order valence-corrected chi connectivity index (χ1v) is 10.7. The predicted molar refractivity (Wildman–Crippen MR) is 132 cm³/mol. The van der Waals surface area contributed by atoms with E-state index < -0.39 is 18.1 Å². The summed E-state index contributed by atoms with van der Waals surface area (Å²) >= 11 is 6.73. The third-order valence-electron chi connectivity index (χ3n) is 5.31. The summed E-state index contributed by atoms with van der Waals surface area (Å²) in [5.74, 6) is -0.570. The van der Waals surface area contributed by atoms with E-state index in [1.165, 1.54) is 13.1 Å². The Balaban J connectivity index is 1.69. The zero-order valence-corrected chi connectivity index (χ0v) is 18.9. The van der Waals surface area contributed by atoms with Gasteiger partial charge in [0.1, 0.15) is 0 Å². The number of fused-ring (bicyclic) bond motifs is 1. The van der Waals surface area contributed by atoms with E-state index in [-0.39, 0.29) is 0 Å². The van der Waals surface area contributed by atoms with Gasteiger partial charge in [-0.2, -0.15) is 5.10 Å². The van der Waals surface area contributed by atoms with Crippen LogP contribution >= 0.6 is 11.6 Å². The summed E-state index contributed by atoms with van der Waals surface area (Å²) in [6, 6.07) is 20.0. The molecule has 7 nitrogen and oxygen atoms in total. The first-order valence-electron chi connectivity index (χ1n) is 10.4. The van der Waals surface area contributed by atoms with Crippen LogP contribution in [0, 0.1) is 0 Å². The predicted octanol–water partition coefficient (Wildman–Crippen LogP) is 4.89. The summed E-state index contributed by atoms with van der Waals surface area (Å²) in [5, 5.41) is 28.2. The number of anilines is 2. The lowest BCUT2D eigenvalue weighted by molar-refractivity contribution is -0.140. The van der Waals surface area contributed by atoms with Gasteiger partial charge in [-0.05, 0) is 36.2 Å². The van der Waals surface area contributed by atoms with Crippen LogP contribution in [-0.4, -0.2) is 44.3 Å². The first kappa shape index (κ1) is 22.5. The Morgan fingerprint density at radius 1 is 1.15 bits per heavy atom. The Bertz CT molecular complexity index is 1330. The minimum Gasteiger partial charge on any atom is -0.480 e. The summed E-state index contributed by atoms with van der Waals surface area (Å²) in [7, 11) is 1.84. The van der Waals surface area contributed by atoms with Crippen LogP contribution in [-0.2, 0) is 11.8 Å². The number of aliphatic hydroxyl groups is 1. The molecule has 0 fully saturated rings. The molecule has 0 aliphatic carbocycles. The molecule has 0 saturated heterocycles. The molecule has 4 aromatic rings. The zero-order chi connectivity index (χ0) is 23.5. The standard InChI is InChI=1S/C25H23ClN4O3/c1-15(31)23(25(32)33)27-14-16-11-12-21-19(13-16)24(29-30(21)2)28-20-10-6-9-18(22(20)26)17-7-4-3-5-8-17/h3-15,23,31H,1-2H3,(H,28,29)(H,32,33). The number of carboxylic acid groups (broad SMARTS) is 1. The summed E-state index contributed by atoms with van der Waals surface area (Å²) in [6.07, 6.45) is 0.349. The van der Waals surface area contributed by atoms with Crippen molar-refractivity contribution in [2.75, 3.05) is 5.32 Å². The van der Waals surface area contributed by atoms with Crippen molar-refractivity contribution in [3.05, 3.63) is 77.3 Å². The van der Waals surface area contributed by atoms with Gasteiger partial charge in [-0.25, -0.2) is 4.79 Å². The van der Waals surface area contributed by atoms with E-state index >= 15 is 0 Å². The number of nitrogens with one attached hydrogen (secondary N) is 1. The second-order valence-corrected chi connectivity index (χ2v) is 8.09. The summed E-state index contributed by atoms with van der Waals surface area (Å²) in [6.45, 7) is 1.40. The molecule has 33 heavy (non-hydrogen) atoms. The maximum atomic E-state index is 11.3. The van der Waals surface area contributed by atoms with Gasteiger partial charge in [-0.1, -0.05) is 60.1 Å². The van der Waals surface area contributed by atoms with Crippen LogP contribution in [0.5, 0.6) is 0 Å². The summed E-state index contributed by atoms with van der Waals surface area (Å²) in [4.78, 5) is 15.3. The number of hydrogen-bond acceptors (Lipinski definition) is 5. The van der Waals surface area contributed by atoms with Crippen molar-refractivity contribution in [2.45, 2.75) is 19.1 Å². The Kier molecular flexibility index (Phi) is 6.44. The van der Waals surface area contributed by atoms with Crippen molar-refractivity contribution in [3.8, 4) is 11.1 Å². The fourth-order valence-electron chi connectivity index (χ4n) is 3.61. The third kappa shape index (κ3) is 4.74. The van der Waals surface area contributed by atoms with Crippen LogP contribution in [0.2, 0.25) is 5.02 Å². The highest BCUT2D eigenvalue weighted by Gasteiger charge is 2.21. The Morgan fingerprint density at radius 3 is 2.61 bits per heavy atom. The number of aromatic nitrogens is 2. The molecule has 8 heteroatoms. The van der Waals surface area contributed by atoms with E-state index in [0.717, 1.165) is 27.7 Å². The fourth-order valence-corrected chi connectivity index (χ4v) is 3.90. The van der Waals surface area contributed by atoms with Gasteiger partial charge in [0.2, 0.25) is 0 Å². The quantitative estimate of drug-likeness (QED) is 0.339. The molecule has 0 aliphatic rings. The minimum absolute atomic E-state index is 0.585. The van der Waals surface area contributed by atoms with Gasteiger partial charge in [0.05, 0.1) is 22.3 Å². The normalized spacial score (nSPS) is 13.3. The number of benzene rings is 3. The van der Waals surface area contributed by atoms with Gasteiger partial charge < -0.3 is 15.5 Å². The van der Waals surface area contributed by atoms with Crippen molar-refractivity contribution < 1.29 is 15.0 Å². The first-order chi connectivity index (χ1) is 15.8. The SMILES string of the molecule is CC(O)C(N=Cc1ccc2c(c1)c(Nc1cccc(-c3ccccc3)c1Cl)nn2C)C(=O)O. The van der Waals surface area contributed by atoms with E-state index in [1.54, 1.807) is 4.68 Å². The molecule has 1 heterocycles. The van der Waals surface area contributed by atoms with Gasteiger partial charge in [-0.15, -0.1) is 0 Å². The van der Waals surface area contributed by atoms with Crippen LogP contribution in [0.1, 0.15) is 12.5 Å². The highest BCUT2D eigenvalue weighted by atomic mass is 35.5. The monoisotopic (exact) mass is 462 g/mol. The van der Waals surface area contributed by atoms with E-state index in [4.69, 9.17) is 11.6 Å². The minimum atomic E-state index is -1.23. The van der Waals surface area contributed by atoms with Crippen LogP contribution < -0.4 is 5.32 Å². The molecule has 3 aromatic carbocycles. The maximum Gasteiger partial charge on any atom is 0.331 e. The molecule has 0 aliphatic heterocycles. The highest BCUT2D eigenvalue weighted by molar-refractivity contribution is 6.36. The van der Waals surface area contributed by atoms with Crippen LogP contribution in [0.4, 0.5) is 11.5 Å². The molecule has 0 amide bonds. The number of nitrogens with zero attached hydrogens (tertiary/aromatic N) is 3. The maximum absolute atomic E-state index is 11.3. The number of aliphatic carboxylic acids is 1. The number of aliphatic imine (C=N–C) groups is 1. The van der Waals surface area contributed by atoms with E-state index in [0.29, 0.717) is 16.4 Å². The lowest BCUT2D eigenvalue weighted by Gasteiger charge is -2.11. The molecule has 1 aromatic heterocycles. The van der Waals surface area contributed by atoms with E-state index in [2.05, 4.69) is 15.4 Å². The summed E-state index contributed by atoms with van der Waals surface area (Å²) in [5.41, 5.74) is 4.22. The largest absolute Gasteiger partial charge is 0.480 e. The van der Waals surface area contributed by atoms with Crippen molar-refractivity contribution >= 4 is 46.2 Å². The molecule has 0 radical (unpaired) electrons. The van der Waals surface area contributed by atoms with Crippen LogP contribution in [0.15, 0.2) is 71.7 Å². The number of aryl methyl sites for hydroxylation is 1. The van der Waals surface area contributed by atoms with Crippen molar-refractivity contribution in [3.63, 3.8) is 0 Å². The molecule has 0 bridgehead atoms. The Hall–Kier alpha value is -3.68. The molecule has 4 rings (SSSR count). The number of aliphatic hydroxyl groups excluding tert-OH is 1. The Labute approximate surface area is 196 Å². The average Bonchev–Trinajstić information content (AvgIpc) is 3.10. The topological polar surface area (TPSA) is 99.7 Å². The Morgan fingerprint density at radius 2 is 1.91 bits per heavy atom. The number of rotatable bonds is 7. The molecular weight excluding hydrogens is 440 g/mol. The average molecular weight is 463 g/mol. The summed E-state index contributed by atoms with van der Waals surface area (Å²) < 4.78 is 1.75. The molecule has 0 saturated carbocycles. The highest BCUT2D eigenvalue weighted by Crippen LogP contribution is 2.36. The van der Waals surface area contributed by atoms with Gasteiger partial charge in [0, 0.05) is 24.2 Å². The third-order valence-corrected chi connectivity index (χ3v) is 5.71. The second kappa shape index (κ2) is 9.44. The van der Waals surface area contributed by atoms with Crippen molar-refractivity contribution in [2.24, 2.45) is 12.0 Å². The molecule has 2 unspecified atom stereocenters. The molecular formula is C25H23ClN4O3.